The molecule has 3 aromatic carbocycles. The third-order valence-corrected chi connectivity index (χ3v) is 9.97. The summed E-state index contributed by atoms with van der Waals surface area (Å²) in [5.41, 5.74) is 1.73. The summed E-state index contributed by atoms with van der Waals surface area (Å²) >= 11 is 15.1. The van der Waals surface area contributed by atoms with E-state index in [-0.39, 0.29) is 36.2 Å². The maximum Gasteiger partial charge on any atom is 0.238 e. The average molecular weight is 732 g/mol. The van der Waals surface area contributed by atoms with E-state index in [4.69, 9.17) is 27.9 Å². The number of fused-ring (bicyclic) bond motifs is 2. The molecule has 224 valence electrons. The van der Waals surface area contributed by atoms with E-state index in [1.54, 1.807) is 18.2 Å². The number of amides is 3. The predicted molar refractivity (Wildman–Crippen MR) is 176 cm³/mol. The van der Waals surface area contributed by atoms with E-state index in [1.165, 1.54) is 0 Å². The van der Waals surface area contributed by atoms with Crippen LogP contribution in [0.15, 0.2) is 60.7 Å². The van der Waals surface area contributed by atoms with Crippen LogP contribution < -0.4 is 15.4 Å². The molecule has 43 heavy (non-hydrogen) atoms. The van der Waals surface area contributed by atoms with Crippen molar-refractivity contribution in [3.05, 3.63) is 91.0 Å². The number of carbonyl (C=O) groups excluding carboxylic acids is 3. The second kappa shape index (κ2) is 11.9. The Hall–Kier alpha value is -2.82. The SMILES string of the molecule is CC(C)C(=O)N1CCC(Oc2ccc(I)cc2[C@H]2NC(=O)C[C@@H](c3cccc(Cl)c3)C23C(=O)Nc2cc(Cl)ccc23)CC1. The molecule has 0 saturated carbocycles. The van der Waals surface area contributed by atoms with E-state index in [2.05, 4.69) is 33.2 Å². The van der Waals surface area contributed by atoms with Crippen LogP contribution in [-0.4, -0.2) is 41.8 Å². The Morgan fingerprint density at radius 3 is 2.49 bits per heavy atom. The van der Waals surface area contributed by atoms with Crippen LogP contribution in [0, 0.1) is 9.49 Å². The first-order chi connectivity index (χ1) is 20.6. The highest BCUT2D eigenvalue weighted by atomic mass is 127. The van der Waals surface area contributed by atoms with Crippen LogP contribution in [0.25, 0.3) is 0 Å². The minimum absolute atomic E-state index is 0.0471. The number of likely N-dealkylation sites (tertiary alicyclic amines) is 1. The van der Waals surface area contributed by atoms with E-state index < -0.39 is 17.4 Å². The van der Waals surface area contributed by atoms with Crippen LogP contribution in [0.5, 0.6) is 5.75 Å². The van der Waals surface area contributed by atoms with Crippen LogP contribution in [0.4, 0.5) is 5.69 Å². The Kier molecular flexibility index (Phi) is 8.39. The Balaban J connectivity index is 1.45. The summed E-state index contributed by atoms with van der Waals surface area (Å²) in [5, 5.41) is 7.32. The number of hydrogen-bond donors (Lipinski definition) is 2. The number of rotatable bonds is 5. The molecule has 3 aliphatic rings. The van der Waals surface area contributed by atoms with Crippen molar-refractivity contribution >= 4 is 69.2 Å². The minimum atomic E-state index is -1.20. The fourth-order valence-electron chi connectivity index (χ4n) is 6.86. The topological polar surface area (TPSA) is 87.7 Å². The van der Waals surface area contributed by atoms with Crippen molar-refractivity contribution in [1.29, 1.82) is 0 Å². The third kappa shape index (κ3) is 5.51. The number of hydrogen-bond acceptors (Lipinski definition) is 4. The fourth-order valence-corrected chi connectivity index (χ4v) is 7.75. The Labute approximate surface area is 274 Å². The molecule has 0 radical (unpaired) electrons. The summed E-state index contributed by atoms with van der Waals surface area (Å²) in [7, 11) is 0. The number of carbonyl (C=O) groups is 3. The van der Waals surface area contributed by atoms with E-state index in [1.807, 2.05) is 61.2 Å². The van der Waals surface area contributed by atoms with Crippen molar-refractivity contribution in [2.24, 2.45) is 5.92 Å². The second-order valence-corrected chi connectivity index (χ2v) is 13.9. The molecule has 3 amide bonds. The van der Waals surface area contributed by atoms with Gasteiger partial charge in [0.15, 0.2) is 0 Å². The van der Waals surface area contributed by atoms with Gasteiger partial charge in [-0.2, -0.15) is 0 Å². The smallest absolute Gasteiger partial charge is 0.238 e. The zero-order valence-electron chi connectivity index (χ0n) is 23.8. The highest BCUT2D eigenvalue weighted by molar-refractivity contribution is 14.1. The van der Waals surface area contributed by atoms with Gasteiger partial charge < -0.3 is 20.3 Å². The predicted octanol–water partition coefficient (Wildman–Crippen LogP) is 6.86. The summed E-state index contributed by atoms with van der Waals surface area (Å²) in [5.74, 6) is -0.178. The van der Waals surface area contributed by atoms with Crippen LogP contribution in [-0.2, 0) is 19.8 Å². The van der Waals surface area contributed by atoms with Crippen molar-refractivity contribution < 1.29 is 19.1 Å². The molecule has 0 bridgehead atoms. The van der Waals surface area contributed by atoms with Crippen molar-refractivity contribution in [3.63, 3.8) is 0 Å². The minimum Gasteiger partial charge on any atom is -0.490 e. The van der Waals surface area contributed by atoms with Gasteiger partial charge in [-0.25, -0.2) is 0 Å². The number of halogens is 3. The molecular weight excluding hydrogens is 700 g/mol. The van der Waals surface area contributed by atoms with Gasteiger partial charge in [-0.3, -0.25) is 14.4 Å². The number of piperidine rings is 2. The molecule has 7 nitrogen and oxygen atoms in total. The Morgan fingerprint density at radius 1 is 1.02 bits per heavy atom. The van der Waals surface area contributed by atoms with Gasteiger partial charge in [-0.1, -0.05) is 55.2 Å². The monoisotopic (exact) mass is 731 g/mol. The lowest BCUT2D eigenvalue weighted by Gasteiger charge is -2.47. The quantitative estimate of drug-likeness (QED) is 0.281. The van der Waals surface area contributed by atoms with Gasteiger partial charge in [-0.15, -0.1) is 0 Å². The van der Waals surface area contributed by atoms with Gasteiger partial charge >= 0.3 is 0 Å². The highest BCUT2D eigenvalue weighted by Crippen LogP contribution is 2.58. The van der Waals surface area contributed by atoms with Crippen LogP contribution in [0.1, 0.15) is 61.8 Å². The molecule has 3 heterocycles. The molecule has 3 aromatic rings. The lowest BCUT2D eigenvalue weighted by molar-refractivity contribution is -0.136. The first-order valence-corrected chi connectivity index (χ1v) is 16.3. The summed E-state index contributed by atoms with van der Waals surface area (Å²) < 4.78 is 7.60. The summed E-state index contributed by atoms with van der Waals surface area (Å²) in [4.78, 5) is 42.3. The zero-order chi connectivity index (χ0) is 30.5. The number of benzene rings is 3. The molecular formula is C33H32Cl2IN3O4. The molecule has 2 saturated heterocycles. The van der Waals surface area contributed by atoms with Gasteiger partial charge in [0.2, 0.25) is 17.7 Å². The standard InChI is InChI=1S/C33H32Cl2IN3O4/c1-18(2)31(41)39-12-10-23(11-13-39)43-28-9-7-22(36)16-24(28)30-33(25-8-6-21(35)15-27(25)37-32(33)42)26(17-29(40)38-30)19-4-3-5-20(34)14-19/h3-9,14-16,18,23,26,30H,10-13,17H2,1-2H3,(H,37,42)(H,38,40)/t26-,30+,33?/m0/s1. The molecule has 1 spiro atoms. The molecule has 2 N–H and O–H groups in total. The van der Waals surface area contributed by atoms with Crippen LogP contribution in [0.2, 0.25) is 10.0 Å². The molecule has 1 unspecified atom stereocenters. The molecule has 0 aromatic heterocycles. The van der Waals surface area contributed by atoms with E-state index >= 15 is 0 Å². The lowest BCUT2D eigenvalue weighted by atomic mass is 9.59. The molecule has 6 rings (SSSR count). The second-order valence-electron chi connectivity index (χ2n) is 11.8. The lowest BCUT2D eigenvalue weighted by Crippen LogP contribution is -2.57. The molecule has 10 heteroatoms. The first kappa shape index (κ1) is 30.2. The van der Waals surface area contributed by atoms with E-state index in [9.17, 15) is 14.4 Å². The van der Waals surface area contributed by atoms with Crippen LogP contribution in [0.3, 0.4) is 0 Å². The van der Waals surface area contributed by atoms with Gasteiger partial charge in [0.05, 0.1) is 6.04 Å². The Morgan fingerprint density at radius 2 is 1.77 bits per heavy atom. The van der Waals surface area contributed by atoms with Crippen molar-refractivity contribution in [1.82, 2.24) is 10.2 Å². The molecule has 3 atom stereocenters. The maximum absolute atomic E-state index is 14.4. The largest absolute Gasteiger partial charge is 0.490 e. The number of nitrogens with zero attached hydrogens (tertiary/aromatic N) is 1. The van der Waals surface area contributed by atoms with Gasteiger partial charge in [0.25, 0.3) is 0 Å². The molecule has 0 aliphatic carbocycles. The zero-order valence-corrected chi connectivity index (χ0v) is 27.5. The van der Waals surface area contributed by atoms with Gasteiger partial charge in [-0.05, 0) is 76.2 Å². The normalized spacial score (nSPS) is 23.7. The highest BCUT2D eigenvalue weighted by Gasteiger charge is 2.61. The van der Waals surface area contributed by atoms with Crippen molar-refractivity contribution in [3.8, 4) is 5.75 Å². The van der Waals surface area contributed by atoms with Crippen LogP contribution >= 0.6 is 45.8 Å². The Bertz CT molecular complexity index is 1610. The van der Waals surface area contributed by atoms with Crippen molar-refractivity contribution in [2.75, 3.05) is 18.4 Å². The third-order valence-electron chi connectivity index (χ3n) is 8.83. The number of anilines is 1. The number of nitrogens with one attached hydrogen (secondary N) is 2. The fraction of sp³-hybridized carbons (Fsp3) is 0.364. The first-order valence-electron chi connectivity index (χ1n) is 14.5. The van der Waals surface area contributed by atoms with Gasteiger partial charge in [0, 0.05) is 69.1 Å². The molecule has 2 fully saturated rings. The molecule has 3 aliphatic heterocycles. The van der Waals surface area contributed by atoms with Crippen molar-refractivity contribution in [2.45, 2.75) is 56.6 Å². The van der Waals surface area contributed by atoms with E-state index in [0.29, 0.717) is 47.4 Å². The average Bonchev–Trinajstić information content (AvgIpc) is 3.25. The maximum atomic E-state index is 14.4. The summed E-state index contributed by atoms with van der Waals surface area (Å²) in [6.07, 6.45) is 1.38. The summed E-state index contributed by atoms with van der Waals surface area (Å²) in [6.45, 7) is 5.08. The summed E-state index contributed by atoms with van der Waals surface area (Å²) in [6, 6.07) is 17.9. The van der Waals surface area contributed by atoms with E-state index in [0.717, 1.165) is 20.3 Å². The number of ether oxygens (including phenoxy) is 1. The van der Waals surface area contributed by atoms with Gasteiger partial charge in [0.1, 0.15) is 17.3 Å².